The van der Waals surface area contributed by atoms with Gasteiger partial charge in [-0.3, -0.25) is 19.7 Å². The lowest BCUT2D eigenvalue weighted by atomic mass is 10.0. The van der Waals surface area contributed by atoms with Crippen LogP contribution in [-0.2, 0) is 0 Å². The smallest absolute Gasteiger partial charge is 0.191 e. The van der Waals surface area contributed by atoms with Gasteiger partial charge in [0.05, 0.1) is 0 Å². The van der Waals surface area contributed by atoms with E-state index in [2.05, 4.69) is 67.6 Å². The third kappa shape index (κ3) is 5.83. The molecule has 0 spiro atoms. The van der Waals surface area contributed by atoms with Gasteiger partial charge in [0.1, 0.15) is 0 Å². The molecule has 0 radical (unpaired) electrons. The molecule has 4 aliphatic rings. The molecule has 2 unspecified atom stereocenters. The summed E-state index contributed by atoms with van der Waals surface area (Å²) in [5.41, 5.74) is 1.42. The fourth-order valence-electron chi connectivity index (χ4n) is 4.89. The first kappa shape index (κ1) is 22.8. The highest BCUT2D eigenvalue weighted by atomic mass is 127. The Bertz CT molecular complexity index is 638. The second-order valence-electron chi connectivity index (χ2n) is 8.48. The van der Waals surface area contributed by atoms with Gasteiger partial charge in [-0.25, -0.2) is 0 Å². The van der Waals surface area contributed by atoms with Crippen molar-refractivity contribution in [3.05, 3.63) is 35.9 Å². The molecular weight excluding hydrogens is 475 g/mol. The Balaban J connectivity index is 0.00000240. The van der Waals surface area contributed by atoms with Gasteiger partial charge in [0, 0.05) is 77.5 Å². The highest BCUT2D eigenvalue weighted by Gasteiger charge is 2.31. The van der Waals surface area contributed by atoms with E-state index in [0.29, 0.717) is 18.1 Å². The van der Waals surface area contributed by atoms with Crippen LogP contribution in [0.1, 0.15) is 31.4 Å². The molecular formula is C22H37IN6. The minimum atomic E-state index is 0. The molecule has 5 rings (SSSR count). The number of hydrogen-bond donors (Lipinski definition) is 2. The molecule has 0 aliphatic carbocycles. The van der Waals surface area contributed by atoms with E-state index in [1.807, 2.05) is 7.05 Å². The Hall–Kier alpha value is -0.900. The zero-order valence-corrected chi connectivity index (χ0v) is 20.2. The lowest BCUT2D eigenvalue weighted by molar-refractivity contribution is 0.0154. The predicted molar refractivity (Wildman–Crippen MR) is 131 cm³/mol. The fraction of sp³-hybridized carbons (Fsp3) is 0.682. The summed E-state index contributed by atoms with van der Waals surface area (Å²) in [6.07, 6.45) is 2.34. The number of likely N-dealkylation sites (tertiary alicyclic amines) is 1. The lowest BCUT2D eigenvalue weighted by Crippen LogP contribution is -2.64. The van der Waals surface area contributed by atoms with E-state index in [9.17, 15) is 0 Å². The number of nitrogens with zero attached hydrogens (tertiary/aromatic N) is 4. The van der Waals surface area contributed by atoms with E-state index < -0.39 is 0 Å². The molecule has 0 saturated carbocycles. The van der Waals surface area contributed by atoms with Gasteiger partial charge < -0.3 is 10.6 Å². The van der Waals surface area contributed by atoms with Gasteiger partial charge in [-0.2, -0.15) is 0 Å². The van der Waals surface area contributed by atoms with Crippen LogP contribution >= 0.6 is 24.0 Å². The molecule has 4 fully saturated rings. The molecule has 2 bridgehead atoms. The first-order valence-electron chi connectivity index (χ1n) is 11.0. The molecule has 1 aromatic carbocycles. The van der Waals surface area contributed by atoms with Crippen LogP contribution in [0.4, 0.5) is 0 Å². The summed E-state index contributed by atoms with van der Waals surface area (Å²) >= 11 is 0. The summed E-state index contributed by atoms with van der Waals surface area (Å²) in [5.74, 6) is 0.965. The molecule has 0 amide bonds. The Morgan fingerprint density at radius 1 is 1.07 bits per heavy atom. The Morgan fingerprint density at radius 2 is 1.76 bits per heavy atom. The Morgan fingerprint density at radius 3 is 2.34 bits per heavy atom. The average Bonchev–Trinajstić information content (AvgIpc) is 2.78. The number of piperidine rings is 1. The molecule has 2 N–H and O–H groups in total. The van der Waals surface area contributed by atoms with E-state index in [1.165, 1.54) is 51.1 Å². The summed E-state index contributed by atoms with van der Waals surface area (Å²) in [7, 11) is 1.89. The Kier molecular flexibility index (Phi) is 8.58. The van der Waals surface area contributed by atoms with Crippen LogP contribution in [0.2, 0.25) is 0 Å². The van der Waals surface area contributed by atoms with Gasteiger partial charge in [0.15, 0.2) is 5.96 Å². The maximum atomic E-state index is 4.48. The monoisotopic (exact) mass is 512 g/mol. The molecule has 2 atom stereocenters. The van der Waals surface area contributed by atoms with Crippen molar-refractivity contribution in [1.82, 2.24) is 25.3 Å². The van der Waals surface area contributed by atoms with Gasteiger partial charge in [-0.05, 0) is 25.3 Å². The van der Waals surface area contributed by atoms with E-state index in [4.69, 9.17) is 0 Å². The average molecular weight is 512 g/mol. The molecule has 7 heteroatoms. The second-order valence-corrected chi connectivity index (χ2v) is 8.48. The molecule has 29 heavy (non-hydrogen) atoms. The van der Waals surface area contributed by atoms with Crippen LogP contribution in [0.5, 0.6) is 0 Å². The number of aliphatic imine (C=N–C) groups is 1. The largest absolute Gasteiger partial charge is 0.355 e. The van der Waals surface area contributed by atoms with Crippen LogP contribution < -0.4 is 10.6 Å². The number of hydrogen-bond acceptors (Lipinski definition) is 4. The van der Waals surface area contributed by atoms with Crippen molar-refractivity contribution in [1.29, 1.82) is 0 Å². The number of rotatable bonds is 5. The highest BCUT2D eigenvalue weighted by Crippen LogP contribution is 2.24. The quantitative estimate of drug-likeness (QED) is 0.359. The molecule has 162 valence electrons. The van der Waals surface area contributed by atoms with Crippen LogP contribution in [0.3, 0.4) is 0 Å². The van der Waals surface area contributed by atoms with Crippen molar-refractivity contribution in [3.63, 3.8) is 0 Å². The van der Waals surface area contributed by atoms with Crippen LogP contribution in [0, 0.1) is 0 Å². The van der Waals surface area contributed by atoms with Gasteiger partial charge >= 0.3 is 0 Å². The number of piperazine rings is 3. The maximum absolute atomic E-state index is 4.48. The summed E-state index contributed by atoms with van der Waals surface area (Å²) in [6, 6.07) is 12.5. The second kappa shape index (κ2) is 10.9. The highest BCUT2D eigenvalue weighted by molar-refractivity contribution is 14.0. The normalized spacial score (nSPS) is 29.2. The zero-order valence-electron chi connectivity index (χ0n) is 17.9. The van der Waals surface area contributed by atoms with E-state index in [-0.39, 0.29) is 24.0 Å². The van der Waals surface area contributed by atoms with Gasteiger partial charge in [-0.15, -0.1) is 24.0 Å². The number of fused-ring (bicyclic) bond motifs is 3. The first-order chi connectivity index (χ1) is 13.7. The van der Waals surface area contributed by atoms with Crippen LogP contribution in [0.15, 0.2) is 35.3 Å². The van der Waals surface area contributed by atoms with Crippen molar-refractivity contribution < 1.29 is 0 Å². The summed E-state index contributed by atoms with van der Waals surface area (Å²) in [5, 5.41) is 7.26. The summed E-state index contributed by atoms with van der Waals surface area (Å²) in [4.78, 5) is 12.3. The Labute approximate surface area is 193 Å². The molecule has 4 saturated heterocycles. The minimum absolute atomic E-state index is 0. The van der Waals surface area contributed by atoms with Crippen molar-refractivity contribution >= 4 is 29.9 Å². The van der Waals surface area contributed by atoms with Crippen LogP contribution in [-0.4, -0.2) is 92.1 Å². The van der Waals surface area contributed by atoms with Gasteiger partial charge in [0.2, 0.25) is 0 Å². The van der Waals surface area contributed by atoms with E-state index >= 15 is 0 Å². The van der Waals surface area contributed by atoms with Crippen molar-refractivity contribution in [2.45, 2.75) is 37.9 Å². The number of benzene rings is 1. The first-order valence-corrected chi connectivity index (χ1v) is 11.0. The van der Waals surface area contributed by atoms with E-state index in [1.54, 1.807) is 0 Å². The topological polar surface area (TPSA) is 46.1 Å². The van der Waals surface area contributed by atoms with Crippen molar-refractivity contribution in [3.8, 4) is 0 Å². The summed E-state index contributed by atoms with van der Waals surface area (Å²) in [6.45, 7) is 11.7. The van der Waals surface area contributed by atoms with Crippen molar-refractivity contribution in [2.24, 2.45) is 4.99 Å². The molecule has 6 nitrogen and oxygen atoms in total. The third-order valence-corrected chi connectivity index (χ3v) is 6.82. The van der Waals surface area contributed by atoms with Gasteiger partial charge in [-0.1, -0.05) is 30.3 Å². The minimum Gasteiger partial charge on any atom is -0.355 e. The standard InChI is InChI=1S/C22H36N6.HI/c1-18(19-6-4-3-5-7-19)27-10-8-20(9-11-27)25-22(23-2)24-16-21-17-26-12-14-28(21)15-13-26;/h3-7,18,20-21H,8-17H2,1-2H3,(H2,23,24,25);1H. The summed E-state index contributed by atoms with van der Waals surface area (Å²) < 4.78 is 0. The zero-order chi connectivity index (χ0) is 19.3. The molecule has 1 aromatic rings. The van der Waals surface area contributed by atoms with E-state index in [0.717, 1.165) is 25.6 Å². The maximum Gasteiger partial charge on any atom is 0.191 e. The SMILES string of the molecule is CN=C(NCC1CN2CCN1CC2)NC1CCN(C(C)c2ccccc2)CC1.I. The molecule has 0 aromatic heterocycles. The van der Waals surface area contributed by atoms with Crippen molar-refractivity contribution in [2.75, 3.05) is 59.4 Å². The third-order valence-electron chi connectivity index (χ3n) is 6.82. The predicted octanol–water partition coefficient (Wildman–Crippen LogP) is 1.99. The number of nitrogens with one attached hydrogen (secondary N) is 2. The lowest BCUT2D eigenvalue weighted by Gasteiger charge is -2.47. The van der Waals surface area contributed by atoms with Gasteiger partial charge in [0.25, 0.3) is 0 Å². The number of guanidine groups is 1. The van der Waals surface area contributed by atoms with Crippen LogP contribution in [0.25, 0.3) is 0 Å². The molecule has 4 heterocycles. The molecule has 4 aliphatic heterocycles. The number of halogens is 1. The fourth-order valence-corrected chi connectivity index (χ4v) is 4.89.